The van der Waals surface area contributed by atoms with Gasteiger partial charge in [0.25, 0.3) is 5.91 Å². The fraction of sp³-hybridized carbons (Fsp3) is 0.267. The molecule has 1 amide bonds. The molecule has 1 aromatic carbocycles. The smallest absolute Gasteiger partial charge is 0.258 e. The van der Waals surface area contributed by atoms with E-state index in [1.165, 1.54) is 0 Å². The van der Waals surface area contributed by atoms with Crippen molar-refractivity contribution < 1.29 is 14.3 Å². The lowest BCUT2D eigenvalue weighted by Crippen LogP contribution is -2.28. The Hall–Kier alpha value is -2.23. The molecule has 1 rings (SSSR count). The first-order valence-electron chi connectivity index (χ1n) is 6.02. The first-order valence-corrected chi connectivity index (χ1v) is 6.02. The first-order chi connectivity index (χ1) is 9.21. The number of ether oxygens (including phenoxy) is 2. The number of nitrogens with one attached hydrogen (secondary N) is 1. The van der Waals surface area contributed by atoms with Crippen LogP contribution in [0.3, 0.4) is 0 Å². The summed E-state index contributed by atoms with van der Waals surface area (Å²) in [6.45, 7) is 5.85. The molecule has 0 radical (unpaired) electrons. The van der Waals surface area contributed by atoms with Gasteiger partial charge in [0.1, 0.15) is 0 Å². The third-order valence-corrected chi connectivity index (χ3v) is 2.35. The van der Waals surface area contributed by atoms with Gasteiger partial charge in [-0.3, -0.25) is 4.79 Å². The Morgan fingerprint density at radius 2 is 2.21 bits per heavy atom. The summed E-state index contributed by atoms with van der Waals surface area (Å²) in [5.74, 6) is 0.955. The molecule has 0 aliphatic heterocycles. The minimum absolute atomic E-state index is 0.0484. The van der Waals surface area contributed by atoms with E-state index >= 15 is 0 Å². The second-order valence-corrected chi connectivity index (χ2v) is 3.79. The maximum atomic E-state index is 11.4. The standard InChI is InChI=1S/C15H19NO3/c1-4-6-12-7-8-13(14(10-12)18-3)19-11-15(17)16-9-5-2/h4-8,10H,2,9,11H2,1,3H3,(H,16,17)/b6-4+. The Kier molecular flexibility index (Phi) is 6.22. The second-order valence-electron chi connectivity index (χ2n) is 3.79. The molecular weight excluding hydrogens is 242 g/mol. The van der Waals surface area contributed by atoms with Crippen LogP contribution < -0.4 is 14.8 Å². The zero-order chi connectivity index (χ0) is 14.1. The number of hydrogen-bond donors (Lipinski definition) is 1. The van der Waals surface area contributed by atoms with Crippen LogP contribution in [0.4, 0.5) is 0 Å². The van der Waals surface area contributed by atoms with Crippen molar-refractivity contribution in [1.82, 2.24) is 5.32 Å². The highest BCUT2D eigenvalue weighted by molar-refractivity contribution is 5.77. The third-order valence-electron chi connectivity index (χ3n) is 2.35. The van der Waals surface area contributed by atoms with Gasteiger partial charge in [0, 0.05) is 6.54 Å². The van der Waals surface area contributed by atoms with Gasteiger partial charge in [-0.1, -0.05) is 24.3 Å². The second kappa shape index (κ2) is 7.97. The maximum Gasteiger partial charge on any atom is 0.258 e. The quantitative estimate of drug-likeness (QED) is 0.767. The first kappa shape index (κ1) is 14.8. The Labute approximate surface area is 113 Å². The number of amides is 1. The molecule has 0 spiro atoms. The predicted molar refractivity (Wildman–Crippen MR) is 76.4 cm³/mol. The van der Waals surface area contributed by atoms with Gasteiger partial charge in [0.2, 0.25) is 0 Å². The van der Waals surface area contributed by atoms with Crippen molar-refractivity contribution in [3.05, 3.63) is 42.5 Å². The molecule has 0 aromatic heterocycles. The lowest BCUT2D eigenvalue weighted by atomic mass is 10.2. The summed E-state index contributed by atoms with van der Waals surface area (Å²) >= 11 is 0. The van der Waals surface area contributed by atoms with E-state index in [0.29, 0.717) is 18.0 Å². The molecule has 4 heteroatoms. The zero-order valence-corrected chi connectivity index (χ0v) is 11.3. The number of benzene rings is 1. The van der Waals surface area contributed by atoms with E-state index in [-0.39, 0.29) is 12.5 Å². The summed E-state index contributed by atoms with van der Waals surface area (Å²) in [4.78, 5) is 11.4. The van der Waals surface area contributed by atoms with Crippen molar-refractivity contribution in [3.8, 4) is 11.5 Å². The van der Waals surface area contributed by atoms with E-state index in [2.05, 4.69) is 11.9 Å². The van der Waals surface area contributed by atoms with E-state index in [1.54, 1.807) is 19.3 Å². The number of carbonyl (C=O) groups excluding carboxylic acids is 1. The molecular formula is C15H19NO3. The summed E-state index contributed by atoms with van der Waals surface area (Å²) in [5.41, 5.74) is 1.02. The molecule has 0 atom stereocenters. The van der Waals surface area contributed by atoms with Crippen LogP contribution in [0.5, 0.6) is 11.5 Å². The summed E-state index contributed by atoms with van der Waals surface area (Å²) in [6, 6.07) is 5.55. The molecule has 0 saturated heterocycles. The van der Waals surface area contributed by atoms with Gasteiger partial charge in [0.15, 0.2) is 18.1 Å². The van der Waals surface area contributed by atoms with Crippen molar-refractivity contribution in [2.75, 3.05) is 20.3 Å². The van der Waals surface area contributed by atoms with E-state index in [9.17, 15) is 4.79 Å². The largest absolute Gasteiger partial charge is 0.493 e. The Balaban J connectivity index is 2.67. The van der Waals surface area contributed by atoms with Gasteiger partial charge < -0.3 is 14.8 Å². The SMILES string of the molecule is C=CCNC(=O)COc1ccc(/C=C/C)cc1OC. The van der Waals surface area contributed by atoms with E-state index in [0.717, 1.165) is 5.56 Å². The van der Waals surface area contributed by atoms with Crippen LogP contribution in [0, 0.1) is 0 Å². The van der Waals surface area contributed by atoms with Gasteiger partial charge in [-0.15, -0.1) is 6.58 Å². The Morgan fingerprint density at radius 1 is 1.42 bits per heavy atom. The van der Waals surface area contributed by atoms with E-state index in [4.69, 9.17) is 9.47 Å². The van der Waals surface area contributed by atoms with Crippen LogP contribution in [0.25, 0.3) is 6.08 Å². The van der Waals surface area contributed by atoms with Crippen molar-refractivity contribution in [2.45, 2.75) is 6.92 Å². The highest BCUT2D eigenvalue weighted by atomic mass is 16.5. The highest BCUT2D eigenvalue weighted by Crippen LogP contribution is 2.28. The lowest BCUT2D eigenvalue weighted by Gasteiger charge is -2.11. The molecule has 0 saturated carbocycles. The topological polar surface area (TPSA) is 47.6 Å². The monoisotopic (exact) mass is 261 g/mol. The van der Waals surface area contributed by atoms with E-state index in [1.807, 2.05) is 31.2 Å². The molecule has 19 heavy (non-hydrogen) atoms. The number of hydrogen-bond acceptors (Lipinski definition) is 3. The number of carbonyl (C=O) groups is 1. The highest BCUT2D eigenvalue weighted by Gasteiger charge is 2.07. The molecule has 1 aromatic rings. The zero-order valence-electron chi connectivity index (χ0n) is 11.3. The van der Waals surface area contributed by atoms with Gasteiger partial charge in [0.05, 0.1) is 7.11 Å². The van der Waals surface area contributed by atoms with E-state index < -0.39 is 0 Å². The van der Waals surface area contributed by atoms with Gasteiger partial charge >= 0.3 is 0 Å². The third kappa shape index (κ3) is 4.87. The Bertz CT molecular complexity index is 466. The summed E-state index contributed by atoms with van der Waals surface area (Å²) in [6.07, 6.45) is 5.52. The summed E-state index contributed by atoms with van der Waals surface area (Å²) in [7, 11) is 1.57. The van der Waals surface area contributed by atoms with Crippen LogP contribution in [0.2, 0.25) is 0 Å². The van der Waals surface area contributed by atoms with Gasteiger partial charge in [-0.05, 0) is 24.6 Å². The molecule has 0 heterocycles. The van der Waals surface area contributed by atoms with Gasteiger partial charge in [-0.2, -0.15) is 0 Å². The molecule has 4 nitrogen and oxygen atoms in total. The molecule has 0 aliphatic carbocycles. The molecule has 1 N–H and O–H groups in total. The summed E-state index contributed by atoms with van der Waals surface area (Å²) in [5, 5.41) is 2.64. The van der Waals surface area contributed by atoms with Crippen LogP contribution in [-0.2, 0) is 4.79 Å². The number of rotatable bonds is 7. The Morgan fingerprint density at radius 3 is 2.84 bits per heavy atom. The average molecular weight is 261 g/mol. The predicted octanol–water partition coefficient (Wildman–Crippen LogP) is 2.41. The summed E-state index contributed by atoms with van der Waals surface area (Å²) < 4.78 is 10.7. The van der Waals surface area contributed by atoms with Crippen molar-refractivity contribution >= 4 is 12.0 Å². The molecule has 0 aliphatic rings. The van der Waals surface area contributed by atoms with Gasteiger partial charge in [-0.25, -0.2) is 0 Å². The minimum atomic E-state index is -0.195. The fourth-order valence-corrected chi connectivity index (χ4v) is 1.48. The average Bonchev–Trinajstić information content (AvgIpc) is 2.43. The van der Waals surface area contributed by atoms with Crippen molar-refractivity contribution in [1.29, 1.82) is 0 Å². The fourth-order valence-electron chi connectivity index (χ4n) is 1.48. The molecule has 0 fully saturated rings. The van der Waals surface area contributed by atoms with Crippen LogP contribution >= 0.6 is 0 Å². The number of allylic oxidation sites excluding steroid dienone is 1. The molecule has 102 valence electrons. The maximum absolute atomic E-state index is 11.4. The van der Waals surface area contributed by atoms with Crippen molar-refractivity contribution in [2.24, 2.45) is 0 Å². The van der Waals surface area contributed by atoms with Crippen molar-refractivity contribution in [3.63, 3.8) is 0 Å². The van der Waals surface area contributed by atoms with Crippen LogP contribution in [0.15, 0.2) is 36.9 Å². The van der Waals surface area contributed by atoms with Crippen LogP contribution in [-0.4, -0.2) is 26.2 Å². The van der Waals surface area contributed by atoms with Crippen LogP contribution in [0.1, 0.15) is 12.5 Å². The minimum Gasteiger partial charge on any atom is -0.493 e. The molecule has 0 bridgehead atoms. The number of methoxy groups -OCH3 is 1. The molecule has 0 unspecified atom stereocenters. The normalized spacial score (nSPS) is 10.2. The lowest BCUT2D eigenvalue weighted by molar-refractivity contribution is -0.122.